The number of ether oxygens (including phenoxy) is 1. The molecular weight excluding hydrogens is 256 g/mol. The van der Waals surface area contributed by atoms with Crippen LogP contribution in [0.3, 0.4) is 0 Å². The van der Waals surface area contributed by atoms with Gasteiger partial charge in [-0.25, -0.2) is 4.98 Å². The predicted molar refractivity (Wildman–Crippen MR) is 62.6 cm³/mol. The van der Waals surface area contributed by atoms with Crippen molar-refractivity contribution in [2.75, 3.05) is 7.11 Å². The largest absolute Gasteiger partial charge is 0.381 e. The van der Waals surface area contributed by atoms with Crippen molar-refractivity contribution in [1.29, 1.82) is 0 Å². The lowest BCUT2D eigenvalue weighted by Gasteiger charge is -2.34. The van der Waals surface area contributed by atoms with E-state index in [9.17, 15) is 0 Å². The predicted octanol–water partition coefficient (Wildman–Crippen LogP) is 2.11. The summed E-state index contributed by atoms with van der Waals surface area (Å²) in [4.78, 5) is 4.37. The molecule has 0 bridgehead atoms. The monoisotopic (exact) mass is 270 g/mol. The Bertz CT molecular complexity index is 326. The molecule has 0 spiro atoms. The summed E-state index contributed by atoms with van der Waals surface area (Å²) in [5, 5.41) is 3.46. The number of methoxy groups -OCH3 is 1. The minimum atomic E-state index is 0.456. The molecule has 0 amide bonds. The smallest absolute Gasteiger partial charge is 0.106 e. The fourth-order valence-corrected chi connectivity index (χ4v) is 2.10. The van der Waals surface area contributed by atoms with Gasteiger partial charge in [-0.2, -0.15) is 0 Å². The quantitative estimate of drug-likeness (QED) is 0.852. The van der Waals surface area contributed by atoms with Crippen LogP contribution in [0.5, 0.6) is 0 Å². The maximum atomic E-state index is 5.22. The Balaban J connectivity index is 1.75. The molecule has 82 valence electrons. The molecule has 1 fully saturated rings. The SMILES string of the molecule is COC1CC(NCc2cccc(Br)n2)C1. The topological polar surface area (TPSA) is 34.1 Å². The highest BCUT2D eigenvalue weighted by Gasteiger charge is 2.28. The summed E-state index contributed by atoms with van der Waals surface area (Å²) in [6.07, 6.45) is 2.69. The van der Waals surface area contributed by atoms with Gasteiger partial charge in [0, 0.05) is 19.7 Å². The number of hydrogen-bond donors (Lipinski definition) is 1. The number of hydrogen-bond acceptors (Lipinski definition) is 3. The van der Waals surface area contributed by atoms with Gasteiger partial charge in [-0.3, -0.25) is 0 Å². The summed E-state index contributed by atoms with van der Waals surface area (Å²) in [5.41, 5.74) is 1.07. The third kappa shape index (κ3) is 3.00. The van der Waals surface area contributed by atoms with Gasteiger partial charge in [-0.05, 0) is 40.9 Å². The van der Waals surface area contributed by atoms with Crippen LogP contribution < -0.4 is 5.32 Å². The van der Waals surface area contributed by atoms with Crippen LogP contribution in [0.15, 0.2) is 22.8 Å². The van der Waals surface area contributed by atoms with Gasteiger partial charge in [0.05, 0.1) is 11.8 Å². The number of rotatable bonds is 4. The fourth-order valence-electron chi connectivity index (χ4n) is 1.72. The van der Waals surface area contributed by atoms with Crippen LogP contribution in [0.1, 0.15) is 18.5 Å². The summed E-state index contributed by atoms with van der Waals surface area (Å²) < 4.78 is 6.12. The number of nitrogens with one attached hydrogen (secondary N) is 1. The average molecular weight is 271 g/mol. The van der Waals surface area contributed by atoms with E-state index in [2.05, 4.69) is 26.2 Å². The van der Waals surface area contributed by atoms with Gasteiger partial charge >= 0.3 is 0 Å². The van der Waals surface area contributed by atoms with Gasteiger partial charge in [-0.15, -0.1) is 0 Å². The zero-order valence-electron chi connectivity index (χ0n) is 8.74. The molecular formula is C11H15BrN2O. The van der Waals surface area contributed by atoms with Crippen molar-refractivity contribution in [3.8, 4) is 0 Å². The van der Waals surface area contributed by atoms with Crippen LogP contribution in [0.4, 0.5) is 0 Å². The molecule has 1 aromatic heterocycles. The van der Waals surface area contributed by atoms with Gasteiger partial charge in [0.1, 0.15) is 4.60 Å². The maximum Gasteiger partial charge on any atom is 0.106 e. The Hall–Kier alpha value is -0.450. The molecule has 2 rings (SSSR count). The Morgan fingerprint density at radius 2 is 2.33 bits per heavy atom. The van der Waals surface area contributed by atoms with E-state index in [1.807, 2.05) is 18.2 Å². The number of nitrogens with zero attached hydrogens (tertiary/aromatic N) is 1. The molecule has 15 heavy (non-hydrogen) atoms. The highest BCUT2D eigenvalue weighted by atomic mass is 79.9. The average Bonchev–Trinajstić information content (AvgIpc) is 2.16. The second-order valence-corrected chi connectivity index (χ2v) is 4.67. The molecule has 1 N–H and O–H groups in total. The van der Waals surface area contributed by atoms with Crippen LogP contribution in [0, 0.1) is 0 Å². The van der Waals surface area contributed by atoms with E-state index < -0.39 is 0 Å². The molecule has 0 unspecified atom stereocenters. The summed E-state index contributed by atoms with van der Waals surface area (Å²) >= 11 is 3.36. The van der Waals surface area contributed by atoms with E-state index in [-0.39, 0.29) is 0 Å². The lowest BCUT2D eigenvalue weighted by atomic mass is 9.89. The highest BCUT2D eigenvalue weighted by Crippen LogP contribution is 2.22. The van der Waals surface area contributed by atoms with Crippen molar-refractivity contribution in [2.45, 2.75) is 31.5 Å². The van der Waals surface area contributed by atoms with Gasteiger partial charge in [0.2, 0.25) is 0 Å². The molecule has 1 aliphatic carbocycles. The third-order valence-corrected chi connectivity index (χ3v) is 3.21. The normalized spacial score (nSPS) is 24.9. The van der Waals surface area contributed by atoms with Crippen LogP contribution in [0.25, 0.3) is 0 Å². The van der Waals surface area contributed by atoms with Crippen molar-refractivity contribution < 1.29 is 4.74 Å². The zero-order valence-corrected chi connectivity index (χ0v) is 10.3. The molecule has 0 aliphatic heterocycles. The molecule has 1 aliphatic rings. The maximum absolute atomic E-state index is 5.22. The summed E-state index contributed by atoms with van der Waals surface area (Å²) in [6, 6.07) is 6.57. The van der Waals surface area contributed by atoms with Crippen molar-refractivity contribution >= 4 is 15.9 Å². The Kier molecular flexibility index (Phi) is 3.72. The van der Waals surface area contributed by atoms with Crippen molar-refractivity contribution in [3.63, 3.8) is 0 Å². The Morgan fingerprint density at radius 1 is 1.53 bits per heavy atom. The van der Waals surface area contributed by atoms with Crippen LogP contribution in [-0.2, 0) is 11.3 Å². The lowest BCUT2D eigenvalue weighted by Crippen LogP contribution is -2.44. The first-order valence-electron chi connectivity index (χ1n) is 5.15. The first kappa shape index (κ1) is 11.0. The van der Waals surface area contributed by atoms with Crippen molar-refractivity contribution in [1.82, 2.24) is 10.3 Å². The minimum Gasteiger partial charge on any atom is -0.381 e. The molecule has 0 radical (unpaired) electrons. The van der Waals surface area contributed by atoms with Gasteiger partial charge < -0.3 is 10.1 Å². The molecule has 0 saturated heterocycles. The van der Waals surface area contributed by atoms with E-state index >= 15 is 0 Å². The molecule has 3 nitrogen and oxygen atoms in total. The lowest BCUT2D eigenvalue weighted by molar-refractivity contribution is 0.0169. The van der Waals surface area contributed by atoms with E-state index in [0.717, 1.165) is 29.7 Å². The summed E-state index contributed by atoms with van der Waals surface area (Å²) in [5.74, 6) is 0. The second-order valence-electron chi connectivity index (χ2n) is 3.86. The molecule has 1 aromatic rings. The first-order valence-corrected chi connectivity index (χ1v) is 5.95. The molecule has 4 heteroatoms. The summed E-state index contributed by atoms with van der Waals surface area (Å²) in [7, 11) is 1.77. The second kappa shape index (κ2) is 5.05. The van der Waals surface area contributed by atoms with E-state index in [0.29, 0.717) is 12.1 Å². The fraction of sp³-hybridized carbons (Fsp3) is 0.545. The van der Waals surface area contributed by atoms with E-state index in [4.69, 9.17) is 4.74 Å². The van der Waals surface area contributed by atoms with Crippen LogP contribution >= 0.6 is 15.9 Å². The number of pyridine rings is 1. The van der Waals surface area contributed by atoms with Crippen LogP contribution in [-0.4, -0.2) is 24.2 Å². The molecule has 1 heterocycles. The Labute approximate surface area is 98.4 Å². The summed E-state index contributed by atoms with van der Waals surface area (Å²) in [6.45, 7) is 0.834. The molecule has 0 aromatic carbocycles. The van der Waals surface area contributed by atoms with Gasteiger partial charge in [0.15, 0.2) is 0 Å². The van der Waals surface area contributed by atoms with E-state index in [1.165, 1.54) is 0 Å². The highest BCUT2D eigenvalue weighted by molar-refractivity contribution is 9.10. The Morgan fingerprint density at radius 3 is 3.00 bits per heavy atom. The van der Waals surface area contributed by atoms with Crippen LogP contribution in [0.2, 0.25) is 0 Å². The van der Waals surface area contributed by atoms with E-state index in [1.54, 1.807) is 7.11 Å². The van der Waals surface area contributed by atoms with Crippen molar-refractivity contribution in [3.05, 3.63) is 28.5 Å². The number of aromatic nitrogens is 1. The standard InChI is InChI=1S/C11H15BrN2O/c1-15-10-5-9(6-10)13-7-8-3-2-4-11(12)14-8/h2-4,9-10,13H,5-7H2,1H3. The molecule has 0 atom stereocenters. The number of halogens is 1. The minimum absolute atomic E-state index is 0.456. The molecule has 1 saturated carbocycles. The third-order valence-electron chi connectivity index (χ3n) is 2.77. The zero-order chi connectivity index (χ0) is 10.7. The van der Waals surface area contributed by atoms with Gasteiger partial charge in [0.25, 0.3) is 0 Å². The first-order chi connectivity index (χ1) is 7.28. The van der Waals surface area contributed by atoms with Crippen molar-refractivity contribution in [2.24, 2.45) is 0 Å². The van der Waals surface area contributed by atoms with Gasteiger partial charge in [-0.1, -0.05) is 6.07 Å².